The Labute approximate surface area is 150 Å². The summed E-state index contributed by atoms with van der Waals surface area (Å²) in [5.41, 5.74) is 8.94. The first kappa shape index (κ1) is 18.8. The fraction of sp³-hybridized carbons (Fsp3) is 0.400. The van der Waals surface area contributed by atoms with Gasteiger partial charge < -0.3 is 15.6 Å². The minimum absolute atomic E-state index is 0.402. The van der Waals surface area contributed by atoms with Crippen molar-refractivity contribution in [1.29, 1.82) is 0 Å². The van der Waals surface area contributed by atoms with Crippen LogP contribution in [0.25, 0.3) is 5.57 Å². The number of aromatic nitrogens is 1. The van der Waals surface area contributed by atoms with E-state index in [2.05, 4.69) is 47.2 Å². The molecule has 134 valence electrons. The quantitative estimate of drug-likeness (QED) is 0.403. The SMILES string of the molecule is C=C(N)NC(=NCCCC)/C(=C\C)CCc1cc(C2=CC=CC2)on1. The van der Waals surface area contributed by atoms with Crippen LogP contribution in [0.15, 0.2) is 57.9 Å². The normalized spacial score (nSPS) is 14.7. The zero-order valence-corrected chi connectivity index (χ0v) is 15.2. The average Bonchev–Trinajstić information content (AvgIpc) is 3.26. The van der Waals surface area contributed by atoms with E-state index in [9.17, 15) is 0 Å². The maximum Gasteiger partial charge on any atom is 0.163 e. The lowest BCUT2D eigenvalue weighted by Crippen LogP contribution is -2.29. The van der Waals surface area contributed by atoms with Crippen LogP contribution >= 0.6 is 0 Å². The second-order valence-electron chi connectivity index (χ2n) is 6.05. The van der Waals surface area contributed by atoms with E-state index in [-0.39, 0.29) is 0 Å². The van der Waals surface area contributed by atoms with Gasteiger partial charge >= 0.3 is 0 Å². The van der Waals surface area contributed by atoms with Crippen LogP contribution in [0.2, 0.25) is 0 Å². The number of hydrogen-bond donors (Lipinski definition) is 2. The van der Waals surface area contributed by atoms with Gasteiger partial charge in [-0.2, -0.15) is 0 Å². The summed E-state index contributed by atoms with van der Waals surface area (Å²) in [6.07, 6.45) is 12.9. The summed E-state index contributed by atoms with van der Waals surface area (Å²) >= 11 is 0. The summed E-state index contributed by atoms with van der Waals surface area (Å²) in [6, 6.07) is 2.02. The maximum atomic E-state index is 5.72. The van der Waals surface area contributed by atoms with Gasteiger partial charge in [0, 0.05) is 18.2 Å². The van der Waals surface area contributed by atoms with Crippen LogP contribution in [0.3, 0.4) is 0 Å². The topological polar surface area (TPSA) is 76.4 Å². The Kier molecular flexibility index (Phi) is 7.26. The Hall–Kier alpha value is -2.56. The molecule has 5 heteroatoms. The van der Waals surface area contributed by atoms with Crippen LogP contribution in [-0.4, -0.2) is 17.5 Å². The Morgan fingerprint density at radius 3 is 3.00 bits per heavy atom. The van der Waals surface area contributed by atoms with E-state index in [1.54, 1.807) is 0 Å². The summed E-state index contributed by atoms with van der Waals surface area (Å²) in [4.78, 5) is 4.64. The zero-order chi connectivity index (χ0) is 18.1. The molecule has 0 fully saturated rings. The van der Waals surface area contributed by atoms with Gasteiger partial charge in [-0.15, -0.1) is 0 Å². The predicted octanol–water partition coefficient (Wildman–Crippen LogP) is 4.11. The molecule has 1 aliphatic carbocycles. The third-order valence-electron chi connectivity index (χ3n) is 4.01. The van der Waals surface area contributed by atoms with Crippen LogP contribution in [0.1, 0.15) is 51.0 Å². The minimum atomic E-state index is 0.402. The molecule has 0 radical (unpaired) electrons. The molecule has 5 nitrogen and oxygen atoms in total. The number of allylic oxidation sites excluding steroid dienone is 5. The largest absolute Gasteiger partial charge is 0.386 e. The van der Waals surface area contributed by atoms with E-state index in [0.29, 0.717) is 5.82 Å². The molecule has 3 N–H and O–H groups in total. The first-order valence-corrected chi connectivity index (χ1v) is 8.87. The Balaban J connectivity index is 1.99. The van der Waals surface area contributed by atoms with E-state index in [0.717, 1.165) is 61.5 Å². The summed E-state index contributed by atoms with van der Waals surface area (Å²) in [5.74, 6) is 2.06. The fourth-order valence-electron chi connectivity index (χ4n) is 2.60. The zero-order valence-electron chi connectivity index (χ0n) is 15.2. The lowest BCUT2D eigenvalue weighted by molar-refractivity contribution is 0.402. The molecule has 0 spiro atoms. The first-order valence-electron chi connectivity index (χ1n) is 8.87. The van der Waals surface area contributed by atoms with Crippen molar-refractivity contribution < 1.29 is 4.52 Å². The van der Waals surface area contributed by atoms with Gasteiger partial charge in [0.15, 0.2) is 5.76 Å². The molecular formula is C20H28N4O. The minimum Gasteiger partial charge on any atom is -0.386 e. The Bertz CT molecular complexity index is 707. The number of amidine groups is 1. The molecule has 0 aromatic carbocycles. The van der Waals surface area contributed by atoms with Crippen molar-refractivity contribution in [2.45, 2.75) is 46.0 Å². The van der Waals surface area contributed by atoms with Crippen molar-refractivity contribution in [1.82, 2.24) is 10.5 Å². The van der Waals surface area contributed by atoms with Gasteiger partial charge in [0.25, 0.3) is 0 Å². The molecule has 0 saturated carbocycles. The second-order valence-corrected chi connectivity index (χ2v) is 6.05. The Morgan fingerprint density at radius 1 is 1.52 bits per heavy atom. The highest BCUT2D eigenvalue weighted by Gasteiger charge is 2.12. The van der Waals surface area contributed by atoms with Gasteiger partial charge in [0.1, 0.15) is 5.84 Å². The number of aliphatic imine (C=N–C) groups is 1. The first-order chi connectivity index (χ1) is 12.1. The number of nitrogens with zero attached hydrogens (tertiary/aromatic N) is 2. The maximum absolute atomic E-state index is 5.72. The molecule has 25 heavy (non-hydrogen) atoms. The molecule has 0 bridgehead atoms. The predicted molar refractivity (Wildman–Crippen MR) is 104 cm³/mol. The summed E-state index contributed by atoms with van der Waals surface area (Å²) in [7, 11) is 0. The highest BCUT2D eigenvalue weighted by atomic mass is 16.5. The van der Waals surface area contributed by atoms with Crippen LogP contribution in [0.4, 0.5) is 0 Å². The standard InChI is InChI=1S/C20H28N4O/c1-4-6-13-22-20(23-15(3)21)16(5-2)11-12-18-14-19(25-24-18)17-9-7-8-10-17/h5,7-9,14H,3-4,6,10-13,21H2,1-2H3,(H,22,23)/b16-5-. The number of aryl methyl sites for hydroxylation is 1. The van der Waals surface area contributed by atoms with Crippen molar-refractivity contribution in [3.8, 4) is 0 Å². The van der Waals surface area contributed by atoms with Crippen LogP contribution in [-0.2, 0) is 6.42 Å². The Morgan fingerprint density at radius 2 is 2.36 bits per heavy atom. The number of nitrogens with one attached hydrogen (secondary N) is 1. The lowest BCUT2D eigenvalue weighted by atomic mass is 10.1. The molecule has 0 amide bonds. The third-order valence-corrected chi connectivity index (χ3v) is 4.01. The van der Waals surface area contributed by atoms with Crippen LogP contribution in [0.5, 0.6) is 0 Å². The molecule has 0 saturated heterocycles. The van der Waals surface area contributed by atoms with E-state index in [1.807, 2.05) is 19.1 Å². The van der Waals surface area contributed by atoms with Crippen molar-refractivity contribution in [2.24, 2.45) is 10.7 Å². The van der Waals surface area contributed by atoms with Crippen molar-refractivity contribution in [3.05, 3.63) is 59.8 Å². The number of rotatable bonds is 9. The van der Waals surface area contributed by atoms with Gasteiger partial charge in [-0.05, 0) is 38.2 Å². The van der Waals surface area contributed by atoms with Crippen LogP contribution in [0, 0.1) is 0 Å². The lowest BCUT2D eigenvalue weighted by Gasteiger charge is -2.13. The van der Waals surface area contributed by atoms with Crippen molar-refractivity contribution in [2.75, 3.05) is 6.54 Å². The van der Waals surface area contributed by atoms with E-state index in [4.69, 9.17) is 10.3 Å². The van der Waals surface area contributed by atoms with E-state index in [1.165, 1.54) is 5.57 Å². The fourth-order valence-corrected chi connectivity index (χ4v) is 2.60. The summed E-state index contributed by atoms with van der Waals surface area (Å²) in [5, 5.41) is 7.27. The third kappa shape index (κ3) is 5.78. The molecule has 0 unspecified atom stereocenters. The molecule has 2 rings (SSSR count). The van der Waals surface area contributed by atoms with Gasteiger partial charge in [-0.1, -0.05) is 49.4 Å². The molecule has 1 aromatic rings. The second kappa shape index (κ2) is 9.67. The highest BCUT2D eigenvalue weighted by Crippen LogP contribution is 2.24. The number of unbranched alkanes of at least 4 members (excludes halogenated alkanes) is 1. The summed E-state index contributed by atoms with van der Waals surface area (Å²) in [6.45, 7) is 8.66. The van der Waals surface area contributed by atoms with Gasteiger partial charge in [-0.3, -0.25) is 4.99 Å². The number of hydrogen-bond acceptors (Lipinski definition) is 4. The van der Waals surface area contributed by atoms with Gasteiger partial charge in [-0.25, -0.2) is 0 Å². The van der Waals surface area contributed by atoms with Gasteiger partial charge in [0.05, 0.1) is 11.5 Å². The van der Waals surface area contributed by atoms with Crippen molar-refractivity contribution >= 4 is 11.4 Å². The van der Waals surface area contributed by atoms with Crippen molar-refractivity contribution in [3.63, 3.8) is 0 Å². The monoisotopic (exact) mass is 340 g/mol. The number of nitrogens with two attached hydrogens (primary N) is 1. The molecule has 1 heterocycles. The average molecular weight is 340 g/mol. The van der Waals surface area contributed by atoms with Crippen LogP contribution < -0.4 is 11.1 Å². The van der Waals surface area contributed by atoms with E-state index >= 15 is 0 Å². The molecular weight excluding hydrogens is 312 g/mol. The molecule has 0 atom stereocenters. The molecule has 1 aromatic heterocycles. The molecule has 1 aliphatic rings. The summed E-state index contributed by atoms with van der Waals surface area (Å²) < 4.78 is 5.46. The van der Waals surface area contributed by atoms with E-state index < -0.39 is 0 Å². The van der Waals surface area contributed by atoms with Gasteiger partial charge in [0.2, 0.25) is 0 Å². The molecule has 0 aliphatic heterocycles. The smallest absolute Gasteiger partial charge is 0.163 e. The highest BCUT2D eigenvalue weighted by molar-refractivity contribution is 5.99.